The van der Waals surface area contributed by atoms with Gasteiger partial charge in [0, 0.05) is 45.8 Å². The molecule has 0 aliphatic rings. The van der Waals surface area contributed by atoms with Crippen LogP contribution in [0, 0.1) is 34.9 Å². The van der Waals surface area contributed by atoms with E-state index in [2.05, 4.69) is 26.5 Å². The molecule has 0 atom stereocenters. The third kappa shape index (κ3) is 18.5. The highest BCUT2D eigenvalue weighted by Crippen LogP contribution is 2.19. The second-order valence-electron chi connectivity index (χ2n) is 12.9. The van der Waals surface area contributed by atoms with Crippen molar-refractivity contribution in [2.45, 2.75) is 39.3 Å². The SMILES string of the molecule is CC(=O)c1ccc(O)cc1.CC(=O)c1ccc(OCc2ccc(F)cc2F)cc1.CSC(=S)N/N=C(\C)c1ccc(OCc2ccc(F)cc2F)cc1.Fc1ccc(CBr)c(F)c1. The molecule has 2 N–H and O–H groups in total. The molecule has 0 saturated carbocycles. The summed E-state index contributed by atoms with van der Waals surface area (Å²) in [6, 6.07) is 30.2. The second-order valence-corrected chi connectivity index (χ2v) is 15.0. The number of phenolic OH excluding ortho intramolecular Hbond substituents is 1. The highest BCUT2D eigenvalue weighted by molar-refractivity contribution is 9.08. The summed E-state index contributed by atoms with van der Waals surface area (Å²) in [4.78, 5) is 21.8. The molecule has 0 aromatic heterocycles. The van der Waals surface area contributed by atoms with Gasteiger partial charge in [0.25, 0.3) is 0 Å². The number of Topliss-reactive ketones (excluding diaryl/α,β-unsaturated/α-hetero) is 2. The molecule has 6 aromatic rings. The van der Waals surface area contributed by atoms with E-state index in [4.69, 9.17) is 26.8 Å². The van der Waals surface area contributed by atoms with Gasteiger partial charge in [0.1, 0.15) is 65.4 Å². The molecule has 0 heterocycles. The van der Waals surface area contributed by atoms with Crippen LogP contribution in [0.3, 0.4) is 0 Å². The lowest BCUT2D eigenvalue weighted by atomic mass is 10.1. The molecule has 0 aliphatic heterocycles. The first-order valence-electron chi connectivity index (χ1n) is 18.5. The van der Waals surface area contributed by atoms with Crippen LogP contribution in [0.2, 0.25) is 0 Å². The highest BCUT2D eigenvalue weighted by Gasteiger charge is 2.07. The van der Waals surface area contributed by atoms with Crippen molar-refractivity contribution in [3.8, 4) is 17.2 Å². The third-order valence-electron chi connectivity index (χ3n) is 8.29. The zero-order valence-electron chi connectivity index (χ0n) is 34.2. The van der Waals surface area contributed by atoms with E-state index >= 15 is 0 Å². The lowest BCUT2D eigenvalue weighted by Crippen LogP contribution is -2.13. The Morgan fingerprint density at radius 1 is 0.603 bits per heavy atom. The van der Waals surface area contributed by atoms with Crippen molar-refractivity contribution in [2.75, 3.05) is 6.26 Å². The van der Waals surface area contributed by atoms with E-state index in [0.29, 0.717) is 43.4 Å². The molecule has 0 saturated heterocycles. The maximum Gasteiger partial charge on any atom is 0.159 e. The van der Waals surface area contributed by atoms with Crippen LogP contribution < -0.4 is 14.9 Å². The number of rotatable bonds is 11. The number of benzene rings is 6. The number of alkyl halides is 1. The molecule has 0 bridgehead atoms. The Balaban J connectivity index is 0.000000239. The number of carbonyl (C=O) groups excluding carboxylic acids is 2. The Kier molecular flexibility index (Phi) is 21.6. The van der Waals surface area contributed by atoms with E-state index in [1.165, 1.54) is 74.1 Å². The highest BCUT2D eigenvalue weighted by atomic mass is 79.9. The summed E-state index contributed by atoms with van der Waals surface area (Å²) in [5.41, 5.74) is 6.72. The largest absolute Gasteiger partial charge is 0.508 e. The Morgan fingerprint density at radius 3 is 1.32 bits per heavy atom. The Labute approximate surface area is 379 Å². The predicted molar refractivity (Wildman–Crippen MR) is 243 cm³/mol. The predicted octanol–water partition coefficient (Wildman–Crippen LogP) is 12.7. The molecule has 0 fully saturated rings. The maximum atomic E-state index is 13.5. The van der Waals surface area contributed by atoms with Crippen molar-refractivity contribution in [3.05, 3.63) is 196 Å². The number of hydrogen-bond acceptors (Lipinski definition) is 8. The van der Waals surface area contributed by atoms with Gasteiger partial charge in [0.15, 0.2) is 15.9 Å². The van der Waals surface area contributed by atoms with Crippen LogP contribution in [0.1, 0.15) is 63.7 Å². The summed E-state index contributed by atoms with van der Waals surface area (Å²) in [6.45, 7) is 4.86. The molecular formula is C47H41BrF6N2O5S2. The van der Waals surface area contributed by atoms with E-state index in [9.17, 15) is 35.9 Å². The van der Waals surface area contributed by atoms with Crippen LogP contribution in [0.15, 0.2) is 132 Å². The topological polar surface area (TPSA) is 97.2 Å². The van der Waals surface area contributed by atoms with Crippen LogP contribution in [0.5, 0.6) is 17.2 Å². The van der Waals surface area contributed by atoms with Crippen molar-refractivity contribution < 1.29 is 50.5 Å². The molecule has 16 heteroatoms. The molecule has 6 rings (SSSR count). The van der Waals surface area contributed by atoms with Gasteiger partial charge in [-0.1, -0.05) is 46.0 Å². The number of ketones is 2. The quantitative estimate of drug-likeness (QED) is 0.0331. The summed E-state index contributed by atoms with van der Waals surface area (Å²) >= 11 is 9.49. The standard InChI is InChI=1S/C17H16F2N2OS2.C15H12F2O2.C8H8O2.C7H5BrF2/c1-11(20-21-17(23)24-2)12-4-7-15(8-5-12)22-10-13-3-6-14(18)9-16(13)19;1-10(18)11-3-6-14(7-4-11)19-9-12-2-5-13(16)8-15(12)17;1-6(9)7-2-4-8(10)5-3-7;8-4-5-1-2-6(9)3-7(5)10/h3-9H,10H2,1-2H3,(H,21,23);2-8H,9H2,1H3;2-5,10H,1H3;1-3H,4H2/b20-11+;;;. The number of aromatic hydroxyl groups is 1. The molecule has 0 spiro atoms. The van der Waals surface area contributed by atoms with Crippen LogP contribution >= 0.6 is 39.9 Å². The molecule has 63 heavy (non-hydrogen) atoms. The Morgan fingerprint density at radius 2 is 0.968 bits per heavy atom. The molecule has 0 unspecified atom stereocenters. The molecular weight excluding hydrogens is 931 g/mol. The number of thioether (sulfide) groups is 1. The van der Waals surface area contributed by atoms with Crippen LogP contribution in [-0.2, 0) is 18.5 Å². The minimum Gasteiger partial charge on any atom is -0.508 e. The minimum atomic E-state index is -0.639. The van der Waals surface area contributed by atoms with E-state index in [-0.39, 0.29) is 36.1 Å². The first-order valence-corrected chi connectivity index (χ1v) is 21.3. The molecule has 0 radical (unpaired) electrons. The van der Waals surface area contributed by atoms with Gasteiger partial charge in [-0.3, -0.25) is 15.0 Å². The van der Waals surface area contributed by atoms with Gasteiger partial charge in [-0.05, 0) is 141 Å². The van der Waals surface area contributed by atoms with Gasteiger partial charge in [-0.15, -0.1) is 0 Å². The molecule has 7 nitrogen and oxygen atoms in total. The number of nitrogens with zero attached hydrogens (tertiary/aromatic N) is 1. The third-order valence-corrected chi connectivity index (χ3v) is 9.94. The number of ether oxygens (including phenoxy) is 2. The van der Waals surface area contributed by atoms with Crippen molar-refractivity contribution in [2.24, 2.45) is 5.10 Å². The summed E-state index contributed by atoms with van der Waals surface area (Å²) < 4.78 is 88.8. The van der Waals surface area contributed by atoms with E-state index < -0.39 is 34.9 Å². The first kappa shape index (κ1) is 51.4. The van der Waals surface area contributed by atoms with E-state index in [1.807, 2.05) is 25.3 Å². The Hall–Kier alpha value is -5.97. The molecule has 0 aliphatic carbocycles. The fourth-order valence-electron chi connectivity index (χ4n) is 4.74. The van der Waals surface area contributed by atoms with Crippen molar-refractivity contribution >= 4 is 61.5 Å². The number of phenols is 1. The summed E-state index contributed by atoms with van der Waals surface area (Å²) in [7, 11) is 0. The average Bonchev–Trinajstić information content (AvgIpc) is 3.26. The van der Waals surface area contributed by atoms with E-state index in [1.54, 1.807) is 48.5 Å². The van der Waals surface area contributed by atoms with Gasteiger partial charge >= 0.3 is 0 Å². The number of hydrazone groups is 1. The smallest absolute Gasteiger partial charge is 0.159 e. The fraction of sp³-hybridized carbons (Fsp3) is 0.149. The van der Waals surface area contributed by atoms with Gasteiger partial charge in [0.2, 0.25) is 0 Å². The van der Waals surface area contributed by atoms with Gasteiger partial charge in [-0.25, -0.2) is 26.3 Å². The van der Waals surface area contributed by atoms with Crippen LogP contribution in [0.25, 0.3) is 0 Å². The Bertz CT molecular complexity index is 2480. The first-order chi connectivity index (χ1) is 30.0. The minimum absolute atomic E-state index is 0.00549. The van der Waals surface area contributed by atoms with E-state index in [0.717, 1.165) is 29.5 Å². The summed E-state index contributed by atoms with van der Waals surface area (Å²) in [5.74, 6) is -2.25. The zero-order chi connectivity index (χ0) is 46.5. The second kappa shape index (κ2) is 26.5. The lowest BCUT2D eigenvalue weighted by molar-refractivity contribution is 0.100. The number of halogens is 7. The number of nitrogens with one attached hydrogen (secondary N) is 1. The molecule has 6 aromatic carbocycles. The molecule has 330 valence electrons. The van der Waals surface area contributed by atoms with Gasteiger partial charge in [0.05, 0.1) is 5.71 Å². The average molecular weight is 972 g/mol. The summed E-state index contributed by atoms with van der Waals surface area (Å²) in [6.07, 6.45) is 1.87. The van der Waals surface area contributed by atoms with Crippen molar-refractivity contribution in [3.63, 3.8) is 0 Å². The van der Waals surface area contributed by atoms with Gasteiger partial charge in [-0.2, -0.15) is 5.10 Å². The number of thiocarbonyl (C=S) groups is 1. The normalized spacial score (nSPS) is 10.4. The monoisotopic (exact) mass is 970 g/mol. The maximum absolute atomic E-state index is 13.5. The van der Waals surface area contributed by atoms with Crippen LogP contribution in [-0.4, -0.2) is 33.0 Å². The zero-order valence-corrected chi connectivity index (χ0v) is 37.5. The summed E-state index contributed by atoms with van der Waals surface area (Å²) in [5, 5.41) is 13.4. The van der Waals surface area contributed by atoms with Crippen LogP contribution in [0.4, 0.5) is 26.3 Å². The number of hydrogen-bond donors (Lipinski definition) is 2. The fourth-order valence-corrected chi connectivity index (χ4v) is 5.38. The number of carbonyl (C=O) groups is 2. The molecule has 0 amide bonds. The van der Waals surface area contributed by atoms with Crippen molar-refractivity contribution in [1.82, 2.24) is 5.43 Å². The van der Waals surface area contributed by atoms with Crippen molar-refractivity contribution in [1.29, 1.82) is 0 Å². The lowest BCUT2D eigenvalue weighted by Gasteiger charge is -2.08. The van der Waals surface area contributed by atoms with Gasteiger partial charge < -0.3 is 14.6 Å².